The van der Waals surface area contributed by atoms with Gasteiger partial charge in [-0.05, 0) is 48.4 Å². The molecule has 0 aliphatic carbocycles. The molecule has 9 heteroatoms. The van der Waals surface area contributed by atoms with Crippen LogP contribution in [0.3, 0.4) is 0 Å². The maximum atomic E-state index is 13.6. The molecule has 2 unspecified atom stereocenters. The number of ether oxygens (including phenoxy) is 3. The largest absolute Gasteiger partial charge is 0.491 e. The van der Waals surface area contributed by atoms with E-state index in [1.54, 1.807) is 28.4 Å². The second-order valence-corrected chi connectivity index (χ2v) is 9.26. The number of hydrogen-bond donors (Lipinski definition) is 0. The number of amides is 2. The Bertz CT molecular complexity index is 962. The van der Waals surface area contributed by atoms with Crippen LogP contribution in [-0.4, -0.2) is 74.3 Å². The van der Waals surface area contributed by atoms with Crippen LogP contribution in [0.25, 0.3) is 0 Å². The highest BCUT2D eigenvalue weighted by atomic mass is 32.1. The van der Waals surface area contributed by atoms with Crippen LogP contribution in [-0.2, 0) is 25.5 Å². The van der Waals surface area contributed by atoms with Crippen molar-refractivity contribution in [1.82, 2.24) is 9.80 Å². The molecule has 2 atom stereocenters. The van der Waals surface area contributed by atoms with Gasteiger partial charge in [-0.15, -0.1) is 11.3 Å². The zero-order chi connectivity index (χ0) is 23.2. The van der Waals surface area contributed by atoms with E-state index in [2.05, 4.69) is 0 Å². The number of hydrogen-bond acceptors (Lipinski definition) is 6. The van der Waals surface area contributed by atoms with Gasteiger partial charge in [0.05, 0.1) is 18.7 Å². The van der Waals surface area contributed by atoms with Gasteiger partial charge in [0.1, 0.15) is 24.8 Å². The van der Waals surface area contributed by atoms with Crippen LogP contribution < -0.4 is 4.74 Å². The Labute approximate surface area is 197 Å². The summed E-state index contributed by atoms with van der Waals surface area (Å²) in [5.41, 5.74) is 1.05. The Kier molecular flexibility index (Phi) is 7.95. The van der Waals surface area contributed by atoms with E-state index >= 15 is 0 Å². The highest BCUT2D eigenvalue weighted by Gasteiger charge is 2.34. The summed E-state index contributed by atoms with van der Waals surface area (Å²) in [6, 6.07) is 7.68. The van der Waals surface area contributed by atoms with Gasteiger partial charge in [0.2, 0.25) is 11.8 Å². The van der Waals surface area contributed by atoms with Crippen molar-refractivity contribution < 1.29 is 28.2 Å². The van der Waals surface area contributed by atoms with E-state index < -0.39 is 0 Å². The van der Waals surface area contributed by atoms with Crippen LogP contribution in [0.1, 0.15) is 29.3 Å². The molecule has 1 aromatic heterocycles. The molecule has 33 heavy (non-hydrogen) atoms. The third kappa shape index (κ3) is 5.90. The first-order chi connectivity index (χ1) is 16.0. The van der Waals surface area contributed by atoms with Gasteiger partial charge >= 0.3 is 0 Å². The third-order valence-electron chi connectivity index (χ3n) is 6.01. The van der Waals surface area contributed by atoms with Crippen molar-refractivity contribution in [2.75, 3.05) is 46.6 Å². The summed E-state index contributed by atoms with van der Waals surface area (Å²) >= 11 is 1.66. The second-order valence-electron chi connectivity index (χ2n) is 8.26. The fourth-order valence-corrected chi connectivity index (χ4v) is 5.29. The van der Waals surface area contributed by atoms with Crippen molar-refractivity contribution in [3.05, 3.63) is 52.0 Å². The number of nitrogens with zero attached hydrogens (tertiary/aromatic N) is 2. The van der Waals surface area contributed by atoms with Crippen molar-refractivity contribution in [2.45, 2.75) is 31.4 Å². The van der Waals surface area contributed by atoms with Gasteiger partial charge in [-0.25, -0.2) is 4.39 Å². The summed E-state index contributed by atoms with van der Waals surface area (Å²) in [4.78, 5) is 30.6. The Hall–Kier alpha value is -2.49. The second kappa shape index (κ2) is 11.1. The van der Waals surface area contributed by atoms with E-state index in [0.29, 0.717) is 25.4 Å². The van der Waals surface area contributed by atoms with E-state index in [9.17, 15) is 14.0 Å². The first-order valence-corrected chi connectivity index (χ1v) is 12.1. The molecular formula is C24H29FN2O5S. The maximum absolute atomic E-state index is 13.6. The van der Waals surface area contributed by atoms with Crippen LogP contribution in [0.2, 0.25) is 0 Å². The molecular weight excluding hydrogens is 447 g/mol. The van der Waals surface area contributed by atoms with Crippen LogP contribution in [0.5, 0.6) is 5.75 Å². The fraction of sp³-hybridized carbons (Fsp3) is 0.500. The average molecular weight is 477 g/mol. The number of fused-ring (bicyclic) bond motifs is 1. The van der Waals surface area contributed by atoms with E-state index in [0.717, 1.165) is 24.8 Å². The maximum Gasteiger partial charge on any atom is 0.249 e. The molecule has 0 bridgehead atoms. The molecule has 0 saturated carbocycles. The predicted octanol–water partition coefficient (Wildman–Crippen LogP) is 3.05. The summed E-state index contributed by atoms with van der Waals surface area (Å²) < 4.78 is 30.2. The van der Waals surface area contributed by atoms with Gasteiger partial charge in [-0.3, -0.25) is 9.59 Å². The molecule has 0 radical (unpaired) electrons. The Morgan fingerprint density at radius 3 is 2.97 bits per heavy atom. The van der Waals surface area contributed by atoms with Crippen molar-refractivity contribution in [3.63, 3.8) is 0 Å². The summed E-state index contributed by atoms with van der Waals surface area (Å²) in [7, 11) is 1.46. The van der Waals surface area contributed by atoms with E-state index in [-0.39, 0.29) is 49.5 Å². The lowest BCUT2D eigenvalue weighted by atomic mass is 10.0. The van der Waals surface area contributed by atoms with E-state index in [1.807, 2.05) is 11.4 Å². The Balaban J connectivity index is 1.48. The molecule has 178 valence electrons. The molecule has 2 amide bonds. The molecule has 2 aliphatic heterocycles. The normalized spacial score (nSPS) is 19.9. The van der Waals surface area contributed by atoms with E-state index in [1.165, 1.54) is 29.0 Å². The quantitative estimate of drug-likeness (QED) is 0.557. The molecule has 2 aliphatic rings. The molecule has 1 fully saturated rings. The third-order valence-corrected chi connectivity index (χ3v) is 7.01. The zero-order valence-electron chi connectivity index (χ0n) is 18.7. The minimum atomic E-state index is -0.373. The summed E-state index contributed by atoms with van der Waals surface area (Å²) in [6.07, 6.45) is 2.53. The van der Waals surface area contributed by atoms with Crippen LogP contribution in [0, 0.1) is 5.82 Å². The first kappa shape index (κ1) is 23.7. The highest BCUT2D eigenvalue weighted by molar-refractivity contribution is 7.10. The van der Waals surface area contributed by atoms with E-state index in [4.69, 9.17) is 14.2 Å². The van der Waals surface area contributed by atoms with Gasteiger partial charge in [0, 0.05) is 37.7 Å². The monoisotopic (exact) mass is 476 g/mol. The topological polar surface area (TPSA) is 68.3 Å². The van der Waals surface area contributed by atoms with Crippen molar-refractivity contribution >= 4 is 23.2 Å². The van der Waals surface area contributed by atoms with Crippen molar-refractivity contribution in [1.29, 1.82) is 0 Å². The van der Waals surface area contributed by atoms with Gasteiger partial charge in [-0.2, -0.15) is 0 Å². The number of rotatable bonds is 9. The summed E-state index contributed by atoms with van der Waals surface area (Å²) in [5.74, 6) is -0.342. The molecule has 2 aromatic rings. The van der Waals surface area contributed by atoms with Crippen LogP contribution in [0.4, 0.5) is 4.39 Å². The molecule has 7 nitrogen and oxygen atoms in total. The van der Waals surface area contributed by atoms with Crippen LogP contribution >= 0.6 is 11.3 Å². The summed E-state index contributed by atoms with van der Waals surface area (Å²) in [6.45, 7) is 1.67. The average Bonchev–Trinajstić information content (AvgIpc) is 3.49. The molecule has 1 saturated heterocycles. The highest BCUT2D eigenvalue weighted by Crippen LogP contribution is 2.34. The lowest BCUT2D eigenvalue weighted by molar-refractivity contribution is -0.145. The Morgan fingerprint density at radius 1 is 1.33 bits per heavy atom. The first-order valence-electron chi connectivity index (χ1n) is 11.2. The molecule has 0 spiro atoms. The van der Waals surface area contributed by atoms with Gasteiger partial charge in [0.15, 0.2) is 0 Å². The Morgan fingerprint density at radius 2 is 2.21 bits per heavy atom. The van der Waals surface area contributed by atoms with Gasteiger partial charge in [-0.1, -0.05) is 6.07 Å². The van der Waals surface area contributed by atoms with Gasteiger partial charge < -0.3 is 24.0 Å². The predicted molar refractivity (Wildman–Crippen MR) is 122 cm³/mol. The number of benzene rings is 1. The smallest absolute Gasteiger partial charge is 0.249 e. The molecule has 4 rings (SSSR count). The molecule has 3 heterocycles. The SMILES string of the molecule is COCC(=O)N(CC(=O)N1CCc2sccc2C1COc1cccc(F)c1)CC1CCCO1. The lowest BCUT2D eigenvalue weighted by Crippen LogP contribution is -2.49. The summed E-state index contributed by atoms with van der Waals surface area (Å²) in [5, 5.41) is 2.01. The zero-order valence-corrected chi connectivity index (χ0v) is 19.5. The molecule has 0 N–H and O–H groups in total. The standard InChI is InChI=1S/C24H29FN2O5S/c1-30-16-24(29)26(13-19-6-3-10-31-19)14-23(28)27-9-7-22-20(8-11-33-22)21(27)15-32-18-5-2-4-17(25)12-18/h2,4-5,8,11-12,19,21H,3,6-7,9-10,13-16H2,1H3. The minimum Gasteiger partial charge on any atom is -0.491 e. The number of carbonyl (C=O) groups is 2. The van der Waals surface area contributed by atoms with Gasteiger partial charge in [0.25, 0.3) is 0 Å². The van der Waals surface area contributed by atoms with Crippen molar-refractivity contribution in [3.8, 4) is 5.75 Å². The number of thiophene rings is 1. The fourth-order valence-electron chi connectivity index (χ4n) is 4.36. The van der Waals surface area contributed by atoms with Crippen LogP contribution in [0.15, 0.2) is 35.7 Å². The minimum absolute atomic E-state index is 0.0437. The molecule has 1 aromatic carbocycles. The number of carbonyl (C=O) groups excluding carboxylic acids is 2. The lowest BCUT2D eigenvalue weighted by Gasteiger charge is -2.37. The number of halogens is 1. The van der Waals surface area contributed by atoms with Crippen molar-refractivity contribution in [2.24, 2.45) is 0 Å². The number of methoxy groups -OCH3 is 1.